The number of aromatic nitrogens is 3. The number of carbonyl (C=O) groups excluding carboxylic acids is 1. The average Bonchev–Trinajstić information content (AvgIpc) is 3.02. The van der Waals surface area contributed by atoms with Gasteiger partial charge in [-0.05, 0) is 37.6 Å². The van der Waals surface area contributed by atoms with Gasteiger partial charge >= 0.3 is 0 Å². The van der Waals surface area contributed by atoms with Gasteiger partial charge in [0.1, 0.15) is 5.01 Å². The molecule has 0 radical (unpaired) electrons. The van der Waals surface area contributed by atoms with Gasteiger partial charge in [-0.25, -0.2) is 9.50 Å². The first-order valence-electron chi connectivity index (χ1n) is 6.96. The van der Waals surface area contributed by atoms with Crippen LogP contribution >= 0.6 is 27.3 Å². The molecule has 7 heteroatoms. The van der Waals surface area contributed by atoms with Crippen molar-refractivity contribution in [2.75, 3.05) is 0 Å². The summed E-state index contributed by atoms with van der Waals surface area (Å²) < 4.78 is 2.78. The van der Waals surface area contributed by atoms with E-state index in [1.807, 2.05) is 23.6 Å². The maximum Gasteiger partial charge on any atom is 0.251 e. The second-order valence-corrected chi connectivity index (χ2v) is 6.83. The van der Waals surface area contributed by atoms with Crippen LogP contribution in [0.15, 0.2) is 28.7 Å². The quantitative estimate of drug-likeness (QED) is 0.756. The molecule has 2 heterocycles. The molecule has 0 unspecified atom stereocenters. The van der Waals surface area contributed by atoms with Crippen LogP contribution in [-0.2, 0) is 13.0 Å². The topological polar surface area (TPSA) is 59.3 Å². The van der Waals surface area contributed by atoms with E-state index in [1.165, 1.54) is 0 Å². The molecule has 0 saturated heterocycles. The standard InChI is InChI=1S/C15H15BrN4OS/c1-3-13-19-20-12(9(2)18-15(20)22-13)8-17-14(21)10-4-6-11(16)7-5-10/h4-7H,3,8H2,1-2H3,(H,17,21). The number of amides is 1. The van der Waals surface area contributed by atoms with Crippen molar-refractivity contribution in [1.29, 1.82) is 0 Å². The molecule has 1 amide bonds. The minimum absolute atomic E-state index is 0.104. The number of aryl methyl sites for hydroxylation is 2. The van der Waals surface area contributed by atoms with E-state index in [-0.39, 0.29) is 5.91 Å². The SMILES string of the molecule is CCc1nn2c(CNC(=O)c3ccc(Br)cc3)c(C)nc2s1. The first-order valence-corrected chi connectivity index (χ1v) is 8.57. The van der Waals surface area contributed by atoms with Crippen molar-refractivity contribution in [2.45, 2.75) is 26.8 Å². The maximum absolute atomic E-state index is 12.2. The lowest BCUT2D eigenvalue weighted by Gasteiger charge is -2.05. The molecule has 114 valence electrons. The molecule has 0 aliphatic heterocycles. The molecule has 0 saturated carbocycles. The van der Waals surface area contributed by atoms with Crippen LogP contribution in [0.3, 0.4) is 0 Å². The van der Waals surface area contributed by atoms with Crippen molar-refractivity contribution in [3.63, 3.8) is 0 Å². The minimum atomic E-state index is -0.104. The molecule has 0 aliphatic rings. The molecule has 0 bridgehead atoms. The third-order valence-electron chi connectivity index (χ3n) is 3.36. The van der Waals surface area contributed by atoms with Crippen LogP contribution in [0.4, 0.5) is 0 Å². The zero-order valence-electron chi connectivity index (χ0n) is 12.3. The molecule has 1 N–H and O–H groups in total. The van der Waals surface area contributed by atoms with Crippen LogP contribution < -0.4 is 5.32 Å². The molecule has 0 spiro atoms. The molecule has 3 aromatic rings. The summed E-state index contributed by atoms with van der Waals surface area (Å²) in [5.41, 5.74) is 2.46. The monoisotopic (exact) mass is 378 g/mol. The van der Waals surface area contributed by atoms with Gasteiger partial charge in [0.2, 0.25) is 4.96 Å². The van der Waals surface area contributed by atoms with Crippen LogP contribution in [-0.4, -0.2) is 20.5 Å². The molecule has 22 heavy (non-hydrogen) atoms. The Morgan fingerprint density at radius 1 is 1.36 bits per heavy atom. The molecule has 0 aliphatic carbocycles. The van der Waals surface area contributed by atoms with Crippen LogP contribution in [0.5, 0.6) is 0 Å². The number of hydrogen-bond donors (Lipinski definition) is 1. The molecule has 0 atom stereocenters. The zero-order valence-corrected chi connectivity index (χ0v) is 14.7. The van der Waals surface area contributed by atoms with E-state index in [2.05, 4.69) is 38.3 Å². The van der Waals surface area contributed by atoms with Crippen molar-refractivity contribution in [2.24, 2.45) is 0 Å². The lowest BCUT2D eigenvalue weighted by atomic mass is 10.2. The van der Waals surface area contributed by atoms with Crippen molar-refractivity contribution in [1.82, 2.24) is 19.9 Å². The van der Waals surface area contributed by atoms with Crippen molar-refractivity contribution < 1.29 is 4.79 Å². The first-order chi connectivity index (χ1) is 10.6. The fourth-order valence-corrected chi connectivity index (χ4v) is 3.31. The highest BCUT2D eigenvalue weighted by Crippen LogP contribution is 2.19. The van der Waals surface area contributed by atoms with Crippen molar-refractivity contribution >= 4 is 38.1 Å². The van der Waals surface area contributed by atoms with Gasteiger partial charge in [0.15, 0.2) is 0 Å². The summed E-state index contributed by atoms with van der Waals surface area (Å²) in [5, 5.41) is 8.50. The average molecular weight is 379 g/mol. The Balaban J connectivity index is 1.78. The zero-order chi connectivity index (χ0) is 15.7. The van der Waals surface area contributed by atoms with Crippen LogP contribution in [0, 0.1) is 6.92 Å². The number of halogens is 1. The van der Waals surface area contributed by atoms with E-state index in [9.17, 15) is 4.79 Å². The summed E-state index contributed by atoms with van der Waals surface area (Å²) in [5.74, 6) is -0.104. The van der Waals surface area contributed by atoms with Gasteiger partial charge in [-0.15, -0.1) is 0 Å². The van der Waals surface area contributed by atoms with Crippen LogP contribution in [0.1, 0.15) is 33.7 Å². The Morgan fingerprint density at radius 2 is 2.09 bits per heavy atom. The van der Waals surface area contributed by atoms with E-state index in [0.717, 1.165) is 32.2 Å². The Morgan fingerprint density at radius 3 is 2.77 bits per heavy atom. The van der Waals surface area contributed by atoms with Crippen LogP contribution in [0.25, 0.3) is 4.96 Å². The number of benzene rings is 1. The molecule has 1 aromatic carbocycles. The number of imidazole rings is 1. The highest BCUT2D eigenvalue weighted by molar-refractivity contribution is 9.10. The molecule has 3 rings (SSSR count). The highest BCUT2D eigenvalue weighted by Gasteiger charge is 2.14. The van der Waals surface area contributed by atoms with Gasteiger partial charge in [-0.3, -0.25) is 4.79 Å². The summed E-state index contributed by atoms with van der Waals surface area (Å²) in [6.07, 6.45) is 0.887. The van der Waals surface area contributed by atoms with Gasteiger partial charge in [0, 0.05) is 10.0 Å². The summed E-state index contributed by atoms with van der Waals surface area (Å²) in [4.78, 5) is 17.6. The largest absolute Gasteiger partial charge is 0.346 e. The fraction of sp³-hybridized carbons (Fsp3) is 0.267. The fourth-order valence-electron chi connectivity index (χ4n) is 2.14. The van der Waals surface area contributed by atoms with Crippen LogP contribution in [0.2, 0.25) is 0 Å². The van der Waals surface area contributed by atoms with Crippen molar-refractivity contribution in [3.05, 3.63) is 50.7 Å². The normalized spacial score (nSPS) is 11.0. The third-order valence-corrected chi connectivity index (χ3v) is 4.95. The van der Waals surface area contributed by atoms with Crippen molar-refractivity contribution in [3.8, 4) is 0 Å². The Kier molecular flexibility index (Phi) is 4.26. The summed E-state index contributed by atoms with van der Waals surface area (Å²) >= 11 is 4.95. The predicted molar refractivity (Wildman–Crippen MR) is 90.3 cm³/mol. The third kappa shape index (κ3) is 2.91. The molecular weight excluding hydrogens is 364 g/mol. The van der Waals surface area contributed by atoms with E-state index in [1.54, 1.807) is 23.5 Å². The first kappa shape index (κ1) is 15.2. The number of nitrogens with one attached hydrogen (secondary N) is 1. The molecule has 0 fully saturated rings. The van der Waals surface area contributed by atoms with Gasteiger partial charge in [0.05, 0.1) is 17.9 Å². The molecule has 2 aromatic heterocycles. The molecule has 5 nitrogen and oxygen atoms in total. The number of fused-ring (bicyclic) bond motifs is 1. The minimum Gasteiger partial charge on any atom is -0.346 e. The smallest absolute Gasteiger partial charge is 0.251 e. The van der Waals surface area contributed by atoms with Gasteiger partial charge < -0.3 is 5.32 Å². The highest BCUT2D eigenvalue weighted by atomic mass is 79.9. The second kappa shape index (κ2) is 6.18. The summed E-state index contributed by atoms with van der Waals surface area (Å²) in [6, 6.07) is 7.28. The number of carbonyl (C=O) groups is 1. The van der Waals surface area contributed by atoms with E-state index in [0.29, 0.717) is 12.1 Å². The number of rotatable bonds is 4. The Labute approximate surface area is 140 Å². The van der Waals surface area contributed by atoms with E-state index < -0.39 is 0 Å². The summed E-state index contributed by atoms with van der Waals surface area (Å²) in [6.45, 7) is 4.42. The van der Waals surface area contributed by atoms with E-state index in [4.69, 9.17) is 0 Å². The van der Waals surface area contributed by atoms with Gasteiger partial charge in [-0.1, -0.05) is 34.2 Å². The van der Waals surface area contributed by atoms with Gasteiger partial charge in [-0.2, -0.15) is 5.10 Å². The Bertz CT molecular complexity index is 822. The molecular formula is C15H15BrN4OS. The predicted octanol–water partition coefficient (Wildman–Crippen LogP) is 3.35. The lowest BCUT2D eigenvalue weighted by Crippen LogP contribution is -2.24. The van der Waals surface area contributed by atoms with Gasteiger partial charge in [0.25, 0.3) is 5.91 Å². The second-order valence-electron chi connectivity index (χ2n) is 4.88. The number of nitrogens with zero attached hydrogens (tertiary/aromatic N) is 3. The Hall–Kier alpha value is -1.73. The number of hydrogen-bond acceptors (Lipinski definition) is 4. The van der Waals surface area contributed by atoms with E-state index >= 15 is 0 Å². The maximum atomic E-state index is 12.2. The lowest BCUT2D eigenvalue weighted by molar-refractivity contribution is 0.0950. The summed E-state index contributed by atoms with van der Waals surface area (Å²) in [7, 11) is 0.